The maximum Gasteiger partial charge on any atom is 0.229 e. The average Bonchev–Trinajstić information content (AvgIpc) is 3.18. The number of rotatable bonds is 8. The Bertz CT molecular complexity index is 1350. The molecular weight excluding hydrogens is 438 g/mol. The number of hydrogen-bond acceptors (Lipinski definition) is 6. The molecule has 0 radical (unpaired) electrons. The quantitative estimate of drug-likeness (QED) is 0.305. The van der Waals surface area contributed by atoms with Crippen LogP contribution in [0.5, 0.6) is 0 Å². The lowest BCUT2D eigenvalue weighted by atomic mass is 10.0. The van der Waals surface area contributed by atoms with Crippen LogP contribution in [-0.4, -0.2) is 25.7 Å². The van der Waals surface area contributed by atoms with E-state index in [2.05, 4.69) is 79.8 Å². The van der Waals surface area contributed by atoms with Gasteiger partial charge in [-0.3, -0.25) is 4.79 Å². The van der Waals surface area contributed by atoms with Crippen molar-refractivity contribution in [2.24, 2.45) is 0 Å². The van der Waals surface area contributed by atoms with E-state index in [0.29, 0.717) is 12.5 Å². The molecule has 0 atom stereocenters. The van der Waals surface area contributed by atoms with Crippen molar-refractivity contribution in [2.75, 3.05) is 10.6 Å². The van der Waals surface area contributed by atoms with Crippen molar-refractivity contribution in [3.8, 4) is 0 Å². The molecule has 2 heterocycles. The lowest BCUT2D eigenvalue weighted by Crippen LogP contribution is -2.19. The van der Waals surface area contributed by atoms with E-state index in [-0.39, 0.29) is 11.9 Å². The minimum absolute atomic E-state index is 0.0496. The van der Waals surface area contributed by atoms with Crippen molar-refractivity contribution in [1.29, 1.82) is 0 Å². The van der Waals surface area contributed by atoms with Gasteiger partial charge in [-0.1, -0.05) is 31.2 Å². The fourth-order valence-corrected chi connectivity index (χ4v) is 4.13. The van der Waals surface area contributed by atoms with E-state index in [0.717, 1.165) is 51.3 Å². The van der Waals surface area contributed by atoms with Gasteiger partial charge in [0.2, 0.25) is 11.9 Å². The molecule has 8 heteroatoms. The zero-order valence-corrected chi connectivity index (χ0v) is 21.2. The second-order valence-corrected chi connectivity index (χ2v) is 9.08. The number of nitrogens with one attached hydrogen (secondary N) is 3. The number of hydrogen-bond donors (Lipinski definition) is 3. The number of carbonyl (C=O) groups is 1. The Kier molecular flexibility index (Phi) is 7.00. The van der Waals surface area contributed by atoms with Gasteiger partial charge >= 0.3 is 0 Å². The second kappa shape index (κ2) is 10.1. The van der Waals surface area contributed by atoms with Gasteiger partial charge in [-0.15, -0.1) is 0 Å². The van der Waals surface area contributed by atoms with Gasteiger partial charge in [0.25, 0.3) is 0 Å². The molecule has 0 bridgehead atoms. The Labute approximate surface area is 206 Å². The lowest BCUT2D eigenvalue weighted by Gasteiger charge is -2.12. The first kappa shape index (κ1) is 24.2. The van der Waals surface area contributed by atoms with Gasteiger partial charge < -0.3 is 16.0 Å². The van der Waals surface area contributed by atoms with Crippen LogP contribution in [0, 0.1) is 13.8 Å². The Balaban J connectivity index is 1.67. The van der Waals surface area contributed by atoms with E-state index in [4.69, 9.17) is 10.1 Å². The molecule has 4 aromatic rings. The number of aromatic nitrogens is 4. The Morgan fingerprint density at radius 3 is 2.46 bits per heavy atom. The van der Waals surface area contributed by atoms with Crippen molar-refractivity contribution in [2.45, 2.75) is 60.5 Å². The molecule has 2 aromatic carbocycles. The van der Waals surface area contributed by atoms with Gasteiger partial charge in [0.15, 0.2) is 11.5 Å². The van der Waals surface area contributed by atoms with Gasteiger partial charge in [-0.2, -0.15) is 10.1 Å². The van der Waals surface area contributed by atoms with Crippen LogP contribution < -0.4 is 16.0 Å². The van der Waals surface area contributed by atoms with Gasteiger partial charge in [0.1, 0.15) is 0 Å². The van der Waals surface area contributed by atoms with E-state index in [1.165, 1.54) is 12.5 Å². The van der Waals surface area contributed by atoms with E-state index in [1.54, 1.807) is 0 Å². The first-order valence-corrected chi connectivity index (χ1v) is 12.0. The van der Waals surface area contributed by atoms with Gasteiger partial charge in [0.05, 0.1) is 5.39 Å². The molecule has 0 fully saturated rings. The molecule has 8 nitrogen and oxygen atoms in total. The summed E-state index contributed by atoms with van der Waals surface area (Å²) in [5.41, 5.74) is 7.25. The molecule has 0 saturated carbocycles. The van der Waals surface area contributed by atoms with Crippen molar-refractivity contribution < 1.29 is 4.79 Å². The minimum atomic E-state index is -0.0496. The van der Waals surface area contributed by atoms with Gasteiger partial charge in [0, 0.05) is 37.1 Å². The summed E-state index contributed by atoms with van der Waals surface area (Å²) >= 11 is 0. The number of carbonyl (C=O) groups excluding carboxylic acids is 1. The van der Waals surface area contributed by atoms with Gasteiger partial charge in [-0.05, 0) is 68.5 Å². The number of para-hydroxylation sites is 1. The average molecular weight is 472 g/mol. The van der Waals surface area contributed by atoms with Crippen molar-refractivity contribution in [1.82, 2.24) is 25.1 Å². The topological polar surface area (TPSA) is 96.8 Å². The highest BCUT2D eigenvalue weighted by Gasteiger charge is 2.17. The normalized spacial score (nSPS) is 11.2. The summed E-state index contributed by atoms with van der Waals surface area (Å²) in [6.07, 6.45) is 2.70. The molecular formula is C27H33N7O. The predicted octanol–water partition coefficient (Wildman–Crippen LogP) is 5.71. The Morgan fingerprint density at radius 1 is 1.06 bits per heavy atom. The first-order chi connectivity index (χ1) is 16.8. The third kappa shape index (κ3) is 5.26. The van der Waals surface area contributed by atoms with Gasteiger partial charge in [-0.25, -0.2) is 9.67 Å². The van der Waals surface area contributed by atoms with Crippen molar-refractivity contribution in [3.63, 3.8) is 0 Å². The number of benzene rings is 2. The maximum atomic E-state index is 11.4. The number of nitrogens with zero attached hydrogens (tertiary/aromatic N) is 4. The highest BCUT2D eigenvalue weighted by molar-refractivity contribution is 5.90. The fourth-order valence-electron chi connectivity index (χ4n) is 4.13. The molecule has 1 amide bonds. The lowest BCUT2D eigenvalue weighted by molar-refractivity contribution is -0.119. The first-order valence-electron chi connectivity index (χ1n) is 12.0. The minimum Gasteiger partial charge on any atom is -0.352 e. The van der Waals surface area contributed by atoms with Crippen LogP contribution in [0.3, 0.4) is 0 Å². The van der Waals surface area contributed by atoms with Crippen LogP contribution in [0.2, 0.25) is 0 Å². The van der Waals surface area contributed by atoms with Crippen LogP contribution in [0.15, 0.2) is 42.6 Å². The van der Waals surface area contributed by atoms with E-state index >= 15 is 0 Å². The number of aryl methyl sites for hydroxylation is 3. The van der Waals surface area contributed by atoms with Crippen LogP contribution >= 0.6 is 0 Å². The summed E-state index contributed by atoms with van der Waals surface area (Å²) < 4.78 is 1.92. The zero-order chi connectivity index (χ0) is 25.1. The maximum absolute atomic E-state index is 11.4. The molecule has 3 N–H and O–H groups in total. The molecule has 0 aliphatic rings. The van der Waals surface area contributed by atoms with Crippen LogP contribution in [-0.2, 0) is 17.8 Å². The summed E-state index contributed by atoms with van der Waals surface area (Å²) in [4.78, 5) is 20.8. The molecule has 182 valence electrons. The van der Waals surface area contributed by atoms with Crippen molar-refractivity contribution >= 4 is 40.1 Å². The molecule has 0 saturated heterocycles. The van der Waals surface area contributed by atoms with Crippen LogP contribution in [0.25, 0.3) is 11.0 Å². The van der Waals surface area contributed by atoms with E-state index in [9.17, 15) is 4.79 Å². The van der Waals surface area contributed by atoms with Crippen LogP contribution in [0.4, 0.5) is 23.1 Å². The third-order valence-corrected chi connectivity index (χ3v) is 6.03. The Morgan fingerprint density at radius 2 is 1.80 bits per heavy atom. The standard InChI is InChI=1S/C27H33N7O/c1-7-20-11-12-22(13-21(20)14-28-19(6)35)30-27-29-15-23-25(33-34(16(2)3)26(23)32-27)31-24-17(4)9-8-10-18(24)5/h8-13,15-16H,7,14H2,1-6H3,(H,28,35)(H,31,33)(H,29,30,32). The summed E-state index contributed by atoms with van der Waals surface area (Å²) in [5.74, 6) is 1.18. The summed E-state index contributed by atoms with van der Waals surface area (Å²) in [7, 11) is 0. The molecule has 35 heavy (non-hydrogen) atoms. The Hall–Kier alpha value is -3.94. The molecule has 2 aromatic heterocycles. The molecule has 4 rings (SSSR count). The fraction of sp³-hybridized carbons (Fsp3) is 0.333. The highest BCUT2D eigenvalue weighted by Crippen LogP contribution is 2.30. The monoisotopic (exact) mass is 471 g/mol. The summed E-state index contributed by atoms with van der Waals surface area (Å²) in [6, 6.07) is 12.5. The number of amides is 1. The van der Waals surface area contributed by atoms with Crippen LogP contribution in [0.1, 0.15) is 56.0 Å². The van der Waals surface area contributed by atoms with Crippen molar-refractivity contribution in [3.05, 3.63) is 64.8 Å². The van der Waals surface area contributed by atoms with E-state index in [1.807, 2.05) is 23.0 Å². The van der Waals surface area contributed by atoms with E-state index < -0.39 is 0 Å². The summed E-state index contributed by atoms with van der Waals surface area (Å²) in [5, 5.41) is 15.4. The third-order valence-electron chi connectivity index (χ3n) is 6.03. The smallest absolute Gasteiger partial charge is 0.229 e. The molecule has 0 unspecified atom stereocenters. The molecule has 0 spiro atoms. The summed E-state index contributed by atoms with van der Waals surface area (Å²) in [6.45, 7) is 12.5. The zero-order valence-electron chi connectivity index (χ0n) is 21.2. The SMILES string of the molecule is CCc1ccc(Nc2ncc3c(Nc4c(C)cccc4C)nn(C(C)C)c3n2)cc1CNC(C)=O. The number of anilines is 4. The second-order valence-electron chi connectivity index (χ2n) is 9.08. The molecule has 0 aliphatic carbocycles. The predicted molar refractivity (Wildman–Crippen MR) is 142 cm³/mol. The highest BCUT2D eigenvalue weighted by atomic mass is 16.1. The largest absolute Gasteiger partial charge is 0.352 e. The molecule has 0 aliphatic heterocycles. The number of fused-ring (bicyclic) bond motifs is 1.